The topological polar surface area (TPSA) is 85.2 Å². The van der Waals surface area contributed by atoms with Gasteiger partial charge in [0.05, 0.1) is 12.0 Å². The van der Waals surface area contributed by atoms with Crippen LogP contribution in [0.25, 0.3) is 0 Å². The summed E-state index contributed by atoms with van der Waals surface area (Å²) < 4.78 is 16.6. The predicted octanol–water partition coefficient (Wildman–Crippen LogP) is 0.891. The quantitative estimate of drug-likeness (QED) is 0.723. The highest BCUT2D eigenvalue weighted by Gasteiger charge is 2.55. The molecular formula is C13H20O6. The summed E-state index contributed by atoms with van der Waals surface area (Å²) in [4.78, 5) is 11.1. The summed E-state index contributed by atoms with van der Waals surface area (Å²) in [6.45, 7) is 7.07. The van der Waals surface area contributed by atoms with Gasteiger partial charge in [-0.1, -0.05) is 6.08 Å². The van der Waals surface area contributed by atoms with E-state index in [1.165, 1.54) is 0 Å². The van der Waals surface area contributed by atoms with Crippen LogP contribution in [0.5, 0.6) is 0 Å². The van der Waals surface area contributed by atoms with Crippen molar-refractivity contribution in [1.29, 1.82) is 0 Å². The van der Waals surface area contributed by atoms with Crippen LogP contribution >= 0.6 is 0 Å². The van der Waals surface area contributed by atoms with E-state index in [9.17, 15) is 9.90 Å². The molecule has 0 aliphatic carbocycles. The molecule has 6 heteroatoms. The van der Waals surface area contributed by atoms with Gasteiger partial charge in [-0.25, -0.2) is 0 Å². The van der Waals surface area contributed by atoms with Crippen molar-refractivity contribution in [3.8, 4) is 0 Å². The van der Waals surface area contributed by atoms with E-state index in [0.29, 0.717) is 6.42 Å². The maximum atomic E-state index is 11.1. The van der Waals surface area contributed by atoms with Crippen LogP contribution in [0.4, 0.5) is 0 Å². The maximum absolute atomic E-state index is 11.1. The van der Waals surface area contributed by atoms with E-state index in [1.54, 1.807) is 19.9 Å². The molecule has 2 rings (SSSR count). The fourth-order valence-corrected chi connectivity index (χ4v) is 2.63. The van der Waals surface area contributed by atoms with Crippen LogP contribution in [-0.4, -0.2) is 46.6 Å². The molecule has 0 amide bonds. The summed E-state index contributed by atoms with van der Waals surface area (Å²) in [5, 5.41) is 18.9. The molecule has 19 heavy (non-hydrogen) atoms. The van der Waals surface area contributed by atoms with Crippen LogP contribution in [-0.2, 0) is 19.0 Å². The molecule has 5 unspecified atom stereocenters. The number of hydrogen-bond donors (Lipinski definition) is 2. The smallest absolute Gasteiger partial charge is 0.306 e. The fourth-order valence-electron chi connectivity index (χ4n) is 2.63. The van der Waals surface area contributed by atoms with Gasteiger partial charge in [0.25, 0.3) is 0 Å². The Labute approximate surface area is 112 Å². The van der Waals surface area contributed by atoms with Crippen LogP contribution in [0.3, 0.4) is 0 Å². The molecule has 0 spiro atoms. The lowest BCUT2D eigenvalue weighted by molar-refractivity contribution is -0.221. The standard InChI is InChI=1S/C13H20O6/c1-4-5-7(11(14)15)6-8-9-10(12(16)17-8)19-13(2,3)18-9/h4,7-10,12,16H,1,5-6H2,2-3H3,(H,14,15). The molecule has 2 aliphatic rings. The van der Waals surface area contributed by atoms with Gasteiger partial charge in [-0.15, -0.1) is 6.58 Å². The number of allylic oxidation sites excluding steroid dienone is 1. The average molecular weight is 272 g/mol. The second kappa shape index (κ2) is 5.20. The fraction of sp³-hybridized carbons (Fsp3) is 0.769. The Bertz CT molecular complexity index is 366. The number of aliphatic hydroxyl groups is 1. The molecule has 0 aromatic rings. The van der Waals surface area contributed by atoms with Crippen molar-refractivity contribution in [3.05, 3.63) is 12.7 Å². The number of aliphatic hydroxyl groups excluding tert-OH is 1. The summed E-state index contributed by atoms with van der Waals surface area (Å²) in [5.74, 6) is -2.28. The second-order valence-electron chi connectivity index (χ2n) is 5.43. The van der Waals surface area contributed by atoms with E-state index >= 15 is 0 Å². The van der Waals surface area contributed by atoms with Gasteiger partial charge in [-0.3, -0.25) is 4.79 Å². The van der Waals surface area contributed by atoms with Crippen molar-refractivity contribution < 1.29 is 29.2 Å². The first-order valence-corrected chi connectivity index (χ1v) is 6.37. The largest absolute Gasteiger partial charge is 0.481 e. The Morgan fingerprint density at radius 2 is 2.05 bits per heavy atom. The van der Waals surface area contributed by atoms with Gasteiger partial charge >= 0.3 is 5.97 Å². The number of rotatable bonds is 5. The van der Waals surface area contributed by atoms with Gasteiger partial charge < -0.3 is 24.4 Å². The van der Waals surface area contributed by atoms with Gasteiger partial charge in [0.2, 0.25) is 0 Å². The first-order chi connectivity index (χ1) is 8.84. The zero-order chi connectivity index (χ0) is 14.2. The van der Waals surface area contributed by atoms with Crippen molar-refractivity contribution in [1.82, 2.24) is 0 Å². The number of carboxylic acids is 1. The molecule has 2 saturated heterocycles. The highest BCUT2D eigenvalue weighted by atomic mass is 16.8. The molecular weight excluding hydrogens is 252 g/mol. The van der Waals surface area contributed by atoms with Gasteiger partial charge in [0.1, 0.15) is 12.2 Å². The molecule has 6 nitrogen and oxygen atoms in total. The third kappa shape index (κ3) is 2.97. The Morgan fingerprint density at radius 3 is 2.63 bits per heavy atom. The number of carbonyl (C=O) groups is 1. The predicted molar refractivity (Wildman–Crippen MR) is 65.3 cm³/mol. The van der Waals surface area contributed by atoms with Crippen LogP contribution in [0, 0.1) is 5.92 Å². The van der Waals surface area contributed by atoms with Crippen LogP contribution in [0.1, 0.15) is 26.7 Å². The molecule has 0 bridgehead atoms. The number of carboxylic acid groups (broad SMARTS) is 1. The van der Waals surface area contributed by atoms with E-state index in [2.05, 4.69) is 6.58 Å². The number of hydrogen-bond acceptors (Lipinski definition) is 5. The summed E-state index contributed by atoms with van der Waals surface area (Å²) in [6.07, 6.45) is -0.364. The summed E-state index contributed by atoms with van der Waals surface area (Å²) in [5.41, 5.74) is 0. The highest BCUT2D eigenvalue weighted by Crippen LogP contribution is 2.40. The van der Waals surface area contributed by atoms with E-state index < -0.39 is 42.3 Å². The van der Waals surface area contributed by atoms with Crippen molar-refractivity contribution in [3.63, 3.8) is 0 Å². The number of fused-ring (bicyclic) bond motifs is 1. The number of ether oxygens (including phenoxy) is 3. The monoisotopic (exact) mass is 272 g/mol. The van der Waals surface area contributed by atoms with Gasteiger partial charge in [-0.2, -0.15) is 0 Å². The molecule has 0 radical (unpaired) electrons. The van der Waals surface area contributed by atoms with Crippen molar-refractivity contribution >= 4 is 5.97 Å². The molecule has 0 aromatic carbocycles. The lowest BCUT2D eigenvalue weighted by Gasteiger charge is -2.24. The van der Waals surface area contributed by atoms with Crippen molar-refractivity contribution in [2.45, 2.75) is 57.1 Å². The Balaban J connectivity index is 2.05. The molecule has 2 N–H and O–H groups in total. The summed E-state index contributed by atoms with van der Waals surface area (Å²) in [7, 11) is 0. The van der Waals surface area contributed by atoms with E-state index in [4.69, 9.17) is 19.3 Å². The Kier molecular flexibility index (Phi) is 3.96. The first kappa shape index (κ1) is 14.5. The molecule has 2 fully saturated rings. The highest BCUT2D eigenvalue weighted by molar-refractivity contribution is 5.70. The van der Waals surface area contributed by atoms with Crippen LogP contribution in [0.15, 0.2) is 12.7 Å². The molecule has 0 aromatic heterocycles. The normalized spacial score (nSPS) is 37.8. The van der Waals surface area contributed by atoms with Gasteiger partial charge in [-0.05, 0) is 26.7 Å². The Hall–Kier alpha value is -0.950. The summed E-state index contributed by atoms with van der Waals surface area (Å²) >= 11 is 0. The van der Waals surface area contributed by atoms with Gasteiger partial charge in [0, 0.05) is 0 Å². The molecule has 2 aliphatic heterocycles. The maximum Gasteiger partial charge on any atom is 0.306 e. The zero-order valence-electron chi connectivity index (χ0n) is 11.1. The van der Waals surface area contributed by atoms with Gasteiger partial charge in [0.15, 0.2) is 12.1 Å². The third-order valence-corrected chi connectivity index (χ3v) is 3.44. The lowest BCUT2D eigenvalue weighted by atomic mass is 9.95. The summed E-state index contributed by atoms with van der Waals surface area (Å²) in [6, 6.07) is 0. The van der Waals surface area contributed by atoms with E-state index in [0.717, 1.165) is 0 Å². The number of aliphatic carboxylic acids is 1. The molecule has 108 valence electrons. The van der Waals surface area contributed by atoms with Crippen molar-refractivity contribution in [2.24, 2.45) is 5.92 Å². The Morgan fingerprint density at radius 1 is 1.42 bits per heavy atom. The minimum atomic E-state index is -1.07. The second-order valence-corrected chi connectivity index (χ2v) is 5.43. The average Bonchev–Trinajstić information content (AvgIpc) is 2.75. The zero-order valence-corrected chi connectivity index (χ0v) is 11.1. The van der Waals surface area contributed by atoms with E-state index in [-0.39, 0.29) is 6.42 Å². The van der Waals surface area contributed by atoms with Crippen LogP contribution in [0.2, 0.25) is 0 Å². The minimum Gasteiger partial charge on any atom is -0.481 e. The van der Waals surface area contributed by atoms with Crippen LogP contribution < -0.4 is 0 Å². The van der Waals surface area contributed by atoms with E-state index in [1.807, 2.05) is 0 Å². The molecule has 0 saturated carbocycles. The first-order valence-electron chi connectivity index (χ1n) is 6.37. The third-order valence-electron chi connectivity index (χ3n) is 3.44. The molecule has 2 heterocycles. The minimum absolute atomic E-state index is 0.263. The van der Waals surface area contributed by atoms with Crippen molar-refractivity contribution in [2.75, 3.05) is 0 Å². The lowest BCUT2D eigenvalue weighted by Crippen LogP contribution is -2.32. The SMILES string of the molecule is C=CCC(CC1OC(O)C2OC(C)(C)OC12)C(=O)O. The molecule has 5 atom stereocenters.